The minimum atomic E-state index is -0.145. The zero-order valence-corrected chi connectivity index (χ0v) is 19.4. The summed E-state index contributed by atoms with van der Waals surface area (Å²) in [6.07, 6.45) is 4.53. The largest absolute Gasteiger partial charge is 0.378 e. The maximum atomic E-state index is 12.4. The number of nitrogens with zero attached hydrogens (tertiary/aromatic N) is 2. The molecule has 0 aliphatic heterocycles. The second-order valence-corrected chi connectivity index (χ2v) is 8.84. The summed E-state index contributed by atoms with van der Waals surface area (Å²) >= 11 is 14.0. The number of aromatic amines is 1. The fourth-order valence-corrected chi connectivity index (χ4v) is 4.08. The van der Waals surface area contributed by atoms with Crippen molar-refractivity contribution in [2.24, 2.45) is 0 Å². The van der Waals surface area contributed by atoms with E-state index in [1.54, 1.807) is 25.1 Å². The van der Waals surface area contributed by atoms with Gasteiger partial charge in [-0.3, -0.25) is 4.79 Å². The quantitative estimate of drug-likeness (QED) is 0.355. The van der Waals surface area contributed by atoms with Crippen LogP contribution in [0.15, 0.2) is 58.5 Å². The zero-order valence-electron chi connectivity index (χ0n) is 17.1. The van der Waals surface area contributed by atoms with Crippen LogP contribution in [0.5, 0.6) is 0 Å². The van der Waals surface area contributed by atoms with Crippen LogP contribution >= 0.6 is 35.0 Å². The van der Waals surface area contributed by atoms with Crippen molar-refractivity contribution in [2.75, 3.05) is 24.7 Å². The van der Waals surface area contributed by atoms with Crippen LogP contribution in [0.25, 0.3) is 6.08 Å². The first-order valence-electron chi connectivity index (χ1n) is 9.44. The van der Waals surface area contributed by atoms with E-state index in [2.05, 4.69) is 51.3 Å². The van der Waals surface area contributed by atoms with Crippen LogP contribution in [-0.2, 0) is 6.42 Å². The Kier molecular flexibility index (Phi) is 7.64. The highest BCUT2D eigenvalue weighted by atomic mass is 35.5. The van der Waals surface area contributed by atoms with Gasteiger partial charge in [0, 0.05) is 47.6 Å². The highest BCUT2D eigenvalue weighted by Crippen LogP contribution is 2.27. The predicted octanol–water partition coefficient (Wildman–Crippen LogP) is 5.85. The molecule has 3 aromatic rings. The molecule has 0 atom stereocenters. The van der Waals surface area contributed by atoms with Gasteiger partial charge < -0.3 is 9.88 Å². The maximum absolute atomic E-state index is 12.4. The highest BCUT2D eigenvalue weighted by Gasteiger charge is 2.13. The second-order valence-electron chi connectivity index (χ2n) is 7.02. The Hall–Kier alpha value is -2.21. The molecule has 2 aromatic carbocycles. The van der Waals surface area contributed by atoms with Crippen molar-refractivity contribution in [1.82, 2.24) is 9.97 Å². The van der Waals surface area contributed by atoms with Gasteiger partial charge in [0.15, 0.2) is 5.16 Å². The molecule has 0 saturated heterocycles. The number of anilines is 1. The van der Waals surface area contributed by atoms with Crippen molar-refractivity contribution in [2.45, 2.75) is 18.5 Å². The first-order chi connectivity index (χ1) is 14.3. The van der Waals surface area contributed by atoms with Gasteiger partial charge in [0.2, 0.25) is 0 Å². The summed E-state index contributed by atoms with van der Waals surface area (Å²) in [6, 6.07) is 13.7. The Labute approximate surface area is 191 Å². The second kappa shape index (κ2) is 10.2. The summed E-state index contributed by atoms with van der Waals surface area (Å²) in [7, 11) is 4.04. The lowest BCUT2D eigenvalue weighted by Crippen LogP contribution is -2.16. The van der Waals surface area contributed by atoms with E-state index < -0.39 is 0 Å². The van der Waals surface area contributed by atoms with E-state index in [1.165, 1.54) is 11.8 Å². The molecule has 1 aromatic heterocycles. The Bertz CT molecular complexity index is 1090. The fourth-order valence-electron chi connectivity index (χ4n) is 2.86. The van der Waals surface area contributed by atoms with Crippen molar-refractivity contribution >= 4 is 46.7 Å². The molecule has 0 aliphatic rings. The third-order valence-electron chi connectivity index (χ3n) is 4.67. The van der Waals surface area contributed by atoms with Gasteiger partial charge in [0.1, 0.15) is 0 Å². The number of hydrogen-bond donors (Lipinski definition) is 1. The standard InChI is InChI=1S/C23H23Cl2N3OS/c1-15-21(14-18-19(24)7-4-8-20(18)25)26-23(27-22(15)29)30-13-5-6-16-9-11-17(12-10-16)28(2)3/h4-12H,13-14H2,1-3H3,(H,26,27,29)/b6-5+. The minimum absolute atomic E-state index is 0.145. The molecule has 4 nitrogen and oxygen atoms in total. The van der Waals surface area contributed by atoms with Crippen LogP contribution < -0.4 is 10.5 Å². The van der Waals surface area contributed by atoms with E-state index in [-0.39, 0.29) is 5.56 Å². The van der Waals surface area contributed by atoms with Crippen molar-refractivity contribution in [3.05, 3.63) is 91.3 Å². The first-order valence-corrected chi connectivity index (χ1v) is 11.2. The molecule has 0 spiro atoms. The minimum Gasteiger partial charge on any atom is -0.378 e. The van der Waals surface area contributed by atoms with Crippen molar-refractivity contribution in [1.29, 1.82) is 0 Å². The number of hydrogen-bond acceptors (Lipinski definition) is 4. The number of halogens is 2. The van der Waals surface area contributed by atoms with Crippen molar-refractivity contribution in [3.63, 3.8) is 0 Å². The van der Waals surface area contributed by atoms with Gasteiger partial charge in [-0.1, -0.05) is 65.3 Å². The maximum Gasteiger partial charge on any atom is 0.254 e. The summed E-state index contributed by atoms with van der Waals surface area (Å²) in [6.45, 7) is 1.76. The molecule has 1 heterocycles. The molecule has 0 unspecified atom stereocenters. The molecular weight excluding hydrogens is 437 g/mol. The van der Waals surface area contributed by atoms with Gasteiger partial charge >= 0.3 is 0 Å². The summed E-state index contributed by atoms with van der Waals surface area (Å²) in [5.74, 6) is 0.688. The third kappa shape index (κ3) is 5.69. The number of thioether (sulfide) groups is 1. The van der Waals surface area contributed by atoms with Crippen molar-refractivity contribution < 1.29 is 0 Å². The lowest BCUT2D eigenvalue weighted by atomic mass is 10.1. The topological polar surface area (TPSA) is 49.0 Å². The number of rotatable bonds is 7. The van der Waals surface area contributed by atoms with Crippen molar-refractivity contribution in [3.8, 4) is 0 Å². The van der Waals surface area contributed by atoms with E-state index in [1.807, 2.05) is 14.1 Å². The predicted molar refractivity (Wildman–Crippen MR) is 129 cm³/mol. The number of benzene rings is 2. The van der Waals surface area contributed by atoms with Crippen LogP contribution in [-0.4, -0.2) is 29.8 Å². The number of aromatic nitrogens is 2. The van der Waals surface area contributed by atoms with E-state index in [9.17, 15) is 4.79 Å². The smallest absolute Gasteiger partial charge is 0.254 e. The Balaban J connectivity index is 1.70. The molecule has 0 saturated carbocycles. The van der Waals surface area contributed by atoms with E-state index in [4.69, 9.17) is 23.2 Å². The molecule has 0 bridgehead atoms. The van der Waals surface area contributed by atoms with Crippen LogP contribution in [0.2, 0.25) is 10.0 Å². The molecule has 0 radical (unpaired) electrons. The molecule has 1 N–H and O–H groups in total. The Morgan fingerprint density at radius 1 is 1.10 bits per heavy atom. The first kappa shape index (κ1) is 22.5. The van der Waals surface area contributed by atoms with E-state index in [0.29, 0.717) is 38.6 Å². The van der Waals surface area contributed by atoms with Crippen LogP contribution in [0, 0.1) is 6.92 Å². The monoisotopic (exact) mass is 459 g/mol. The molecule has 0 amide bonds. The molecule has 30 heavy (non-hydrogen) atoms. The normalized spacial score (nSPS) is 11.2. The fraction of sp³-hybridized carbons (Fsp3) is 0.217. The van der Waals surface area contributed by atoms with Gasteiger partial charge in [-0.25, -0.2) is 4.98 Å². The molecule has 0 aliphatic carbocycles. The highest BCUT2D eigenvalue weighted by molar-refractivity contribution is 7.99. The molecule has 7 heteroatoms. The van der Waals surface area contributed by atoms with Crippen LogP contribution in [0.1, 0.15) is 22.4 Å². The van der Waals surface area contributed by atoms with E-state index >= 15 is 0 Å². The molecule has 3 rings (SSSR count). The Morgan fingerprint density at radius 2 is 1.77 bits per heavy atom. The lowest BCUT2D eigenvalue weighted by Gasteiger charge is -2.11. The number of H-pyrrole nitrogens is 1. The van der Waals surface area contributed by atoms with Gasteiger partial charge in [-0.15, -0.1) is 0 Å². The summed E-state index contributed by atoms with van der Waals surface area (Å²) in [4.78, 5) is 21.9. The zero-order chi connectivity index (χ0) is 21.7. The molecule has 156 valence electrons. The Morgan fingerprint density at radius 3 is 2.40 bits per heavy atom. The third-order valence-corrected chi connectivity index (χ3v) is 6.21. The van der Waals surface area contributed by atoms with E-state index in [0.717, 1.165) is 16.8 Å². The average Bonchev–Trinajstić information content (AvgIpc) is 2.71. The van der Waals surface area contributed by atoms with Gasteiger partial charge in [-0.2, -0.15) is 0 Å². The van der Waals surface area contributed by atoms with Crippen LogP contribution in [0.3, 0.4) is 0 Å². The average molecular weight is 460 g/mol. The van der Waals surface area contributed by atoms with Gasteiger partial charge in [0.25, 0.3) is 5.56 Å². The SMILES string of the molecule is Cc1c(Cc2c(Cl)cccc2Cl)nc(SC/C=C/c2ccc(N(C)C)cc2)[nH]c1=O. The lowest BCUT2D eigenvalue weighted by molar-refractivity contribution is 0.859. The molecular formula is C23H23Cl2N3OS. The summed E-state index contributed by atoms with van der Waals surface area (Å²) < 4.78 is 0. The summed E-state index contributed by atoms with van der Waals surface area (Å²) in [5.41, 5.74) is 4.18. The summed E-state index contributed by atoms with van der Waals surface area (Å²) in [5, 5.41) is 1.72. The molecule has 0 fully saturated rings. The number of nitrogens with one attached hydrogen (secondary N) is 1. The van der Waals surface area contributed by atoms with Gasteiger partial charge in [-0.05, 0) is 42.3 Å². The van der Waals surface area contributed by atoms with Gasteiger partial charge in [0.05, 0.1) is 5.69 Å². The van der Waals surface area contributed by atoms with Crippen LogP contribution in [0.4, 0.5) is 5.69 Å².